The third-order valence-corrected chi connectivity index (χ3v) is 4.28. The third-order valence-electron chi connectivity index (χ3n) is 4.28. The van der Waals surface area contributed by atoms with Crippen LogP contribution in [0.2, 0.25) is 0 Å². The molecule has 0 aliphatic carbocycles. The highest BCUT2D eigenvalue weighted by molar-refractivity contribution is 6.05. The van der Waals surface area contributed by atoms with E-state index in [1.165, 1.54) is 6.08 Å². The summed E-state index contributed by atoms with van der Waals surface area (Å²) in [5.74, 6) is -0.396. The van der Waals surface area contributed by atoms with E-state index in [4.69, 9.17) is 0 Å². The van der Waals surface area contributed by atoms with Crippen LogP contribution in [0.25, 0.3) is 6.08 Å². The molecule has 154 valence electrons. The first kappa shape index (κ1) is 22.2. The SMILES string of the molecule is CN(C)CCCNC(=O)c1cc(NC(=O)C=Cc2ccccc2)ccc1N(C)C. The Morgan fingerprint density at radius 3 is 2.38 bits per heavy atom. The van der Waals surface area contributed by atoms with Crippen LogP contribution in [0.15, 0.2) is 54.6 Å². The fraction of sp³-hybridized carbons (Fsp3) is 0.304. The van der Waals surface area contributed by atoms with Gasteiger partial charge in [-0.1, -0.05) is 30.3 Å². The summed E-state index contributed by atoms with van der Waals surface area (Å²) < 4.78 is 0. The molecule has 0 aliphatic heterocycles. The highest BCUT2D eigenvalue weighted by Crippen LogP contribution is 2.23. The average Bonchev–Trinajstić information content (AvgIpc) is 2.70. The highest BCUT2D eigenvalue weighted by atomic mass is 16.2. The summed E-state index contributed by atoms with van der Waals surface area (Å²) in [6.45, 7) is 1.50. The molecule has 0 radical (unpaired) electrons. The molecule has 2 aromatic carbocycles. The first-order valence-corrected chi connectivity index (χ1v) is 9.65. The minimum atomic E-state index is -0.246. The number of nitrogens with one attached hydrogen (secondary N) is 2. The molecular weight excluding hydrogens is 364 g/mol. The molecule has 29 heavy (non-hydrogen) atoms. The van der Waals surface area contributed by atoms with Crippen LogP contribution in [-0.2, 0) is 4.79 Å². The minimum Gasteiger partial charge on any atom is -0.377 e. The lowest BCUT2D eigenvalue weighted by atomic mass is 10.1. The number of amides is 2. The molecule has 6 nitrogen and oxygen atoms in total. The van der Waals surface area contributed by atoms with Crippen LogP contribution in [0.4, 0.5) is 11.4 Å². The Balaban J connectivity index is 2.07. The summed E-state index contributed by atoms with van der Waals surface area (Å²) in [4.78, 5) is 28.9. The van der Waals surface area contributed by atoms with Gasteiger partial charge in [0.2, 0.25) is 5.91 Å². The Hall–Kier alpha value is -3.12. The van der Waals surface area contributed by atoms with Crippen molar-refractivity contribution in [3.63, 3.8) is 0 Å². The van der Waals surface area contributed by atoms with Crippen LogP contribution in [-0.4, -0.2) is 58.0 Å². The Kier molecular flexibility index (Phi) is 8.43. The van der Waals surface area contributed by atoms with Crippen LogP contribution < -0.4 is 15.5 Å². The van der Waals surface area contributed by atoms with Gasteiger partial charge in [-0.2, -0.15) is 0 Å². The lowest BCUT2D eigenvalue weighted by Crippen LogP contribution is -2.28. The second-order valence-corrected chi connectivity index (χ2v) is 7.27. The Morgan fingerprint density at radius 1 is 1.00 bits per heavy atom. The number of rotatable bonds is 9. The standard InChI is InChI=1S/C23H30N4O2/c1-26(2)16-8-15-24-23(29)20-17-19(12-13-21(20)27(3)4)25-22(28)14-11-18-9-6-5-7-10-18/h5-7,9-14,17H,8,15-16H2,1-4H3,(H,24,29)(H,25,28). The molecule has 2 rings (SSSR count). The molecule has 0 atom stereocenters. The zero-order chi connectivity index (χ0) is 21.2. The van der Waals surface area contributed by atoms with Crippen molar-refractivity contribution < 1.29 is 9.59 Å². The first-order chi connectivity index (χ1) is 13.9. The van der Waals surface area contributed by atoms with Crippen LogP contribution >= 0.6 is 0 Å². The predicted octanol–water partition coefficient (Wildman–Crippen LogP) is 3.09. The number of hydrogen-bond donors (Lipinski definition) is 2. The summed E-state index contributed by atoms with van der Waals surface area (Å²) in [6, 6.07) is 15.0. The van der Waals surface area contributed by atoms with E-state index in [0.29, 0.717) is 17.8 Å². The van der Waals surface area contributed by atoms with Crippen molar-refractivity contribution >= 4 is 29.3 Å². The molecule has 2 N–H and O–H groups in total. The van der Waals surface area contributed by atoms with E-state index in [1.54, 1.807) is 18.2 Å². The van der Waals surface area contributed by atoms with Crippen LogP contribution in [0.3, 0.4) is 0 Å². The quantitative estimate of drug-likeness (QED) is 0.507. The van der Waals surface area contributed by atoms with E-state index in [-0.39, 0.29) is 11.8 Å². The number of anilines is 2. The molecule has 0 bridgehead atoms. The lowest BCUT2D eigenvalue weighted by molar-refractivity contribution is -0.111. The smallest absolute Gasteiger partial charge is 0.253 e. The fourth-order valence-corrected chi connectivity index (χ4v) is 2.80. The average molecular weight is 395 g/mol. The second kappa shape index (κ2) is 11.0. The van der Waals surface area contributed by atoms with Gasteiger partial charge in [-0.15, -0.1) is 0 Å². The Labute approximate surface area is 173 Å². The van der Waals surface area contributed by atoms with Crippen molar-refractivity contribution in [2.45, 2.75) is 6.42 Å². The van der Waals surface area contributed by atoms with Crippen molar-refractivity contribution in [2.24, 2.45) is 0 Å². The van der Waals surface area contributed by atoms with E-state index in [1.807, 2.05) is 69.5 Å². The van der Waals surface area contributed by atoms with Crippen LogP contribution in [0.5, 0.6) is 0 Å². The molecule has 0 aliphatic rings. The van der Waals surface area contributed by atoms with Gasteiger partial charge in [-0.3, -0.25) is 9.59 Å². The molecular formula is C23H30N4O2. The van der Waals surface area contributed by atoms with Gasteiger partial charge in [-0.25, -0.2) is 0 Å². The zero-order valence-electron chi connectivity index (χ0n) is 17.6. The molecule has 2 amide bonds. The van der Waals surface area contributed by atoms with E-state index in [0.717, 1.165) is 24.2 Å². The molecule has 0 spiro atoms. The number of hydrogen-bond acceptors (Lipinski definition) is 4. The van der Waals surface area contributed by atoms with Gasteiger partial charge >= 0.3 is 0 Å². The fourth-order valence-electron chi connectivity index (χ4n) is 2.80. The van der Waals surface area contributed by atoms with Crippen molar-refractivity contribution in [1.29, 1.82) is 0 Å². The van der Waals surface area contributed by atoms with Gasteiger partial charge in [0.25, 0.3) is 5.91 Å². The van der Waals surface area contributed by atoms with Crippen LogP contribution in [0, 0.1) is 0 Å². The predicted molar refractivity (Wildman–Crippen MR) is 120 cm³/mol. The van der Waals surface area contributed by atoms with Crippen molar-refractivity contribution in [1.82, 2.24) is 10.2 Å². The minimum absolute atomic E-state index is 0.150. The molecule has 0 saturated carbocycles. The molecule has 6 heteroatoms. The maximum atomic E-state index is 12.7. The topological polar surface area (TPSA) is 64.7 Å². The molecule has 0 fully saturated rings. The van der Waals surface area contributed by atoms with Crippen LogP contribution in [0.1, 0.15) is 22.3 Å². The normalized spacial score (nSPS) is 10.9. The van der Waals surface area contributed by atoms with Gasteiger partial charge in [-0.05, 0) is 56.9 Å². The van der Waals surface area contributed by atoms with Gasteiger partial charge in [0.15, 0.2) is 0 Å². The monoisotopic (exact) mass is 394 g/mol. The number of carbonyl (C=O) groups excluding carboxylic acids is 2. The summed E-state index contributed by atoms with van der Waals surface area (Å²) in [7, 11) is 7.78. The number of carbonyl (C=O) groups is 2. The Bertz CT molecular complexity index is 845. The van der Waals surface area contributed by atoms with E-state index in [9.17, 15) is 9.59 Å². The van der Waals surface area contributed by atoms with Gasteiger partial charge in [0.1, 0.15) is 0 Å². The molecule has 2 aromatic rings. The van der Waals surface area contributed by atoms with Crippen molar-refractivity contribution in [2.75, 3.05) is 51.5 Å². The molecule has 0 saturated heterocycles. The maximum Gasteiger partial charge on any atom is 0.253 e. The molecule has 0 heterocycles. The summed E-state index contributed by atoms with van der Waals surface area (Å²) in [6.07, 6.45) is 4.11. The van der Waals surface area contributed by atoms with Crippen molar-refractivity contribution in [3.05, 3.63) is 65.7 Å². The van der Waals surface area contributed by atoms with Crippen molar-refractivity contribution in [3.8, 4) is 0 Å². The molecule has 0 unspecified atom stereocenters. The first-order valence-electron chi connectivity index (χ1n) is 9.65. The second-order valence-electron chi connectivity index (χ2n) is 7.27. The van der Waals surface area contributed by atoms with Gasteiger partial charge < -0.3 is 20.4 Å². The number of nitrogens with zero attached hydrogens (tertiary/aromatic N) is 2. The van der Waals surface area contributed by atoms with E-state index >= 15 is 0 Å². The highest BCUT2D eigenvalue weighted by Gasteiger charge is 2.14. The largest absolute Gasteiger partial charge is 0.377 e. The van der Waals surface area contributed by atoms with E-state index < -0.39 is 0 Å². The summed E-state index contributed by atoms with van der Waals surface area (Å²) in [5, 5.41) is 5.78. The number of benzene rings is 2. The molecule has 0 aromatic heterocycles. The van der Waals surface area contributed by atoms with E-state index in [2.05, 4.69) is 15.5 Å². The maximum absolute atomic E-state index is 12.7. The zero-order valence-corrected chi connectivity index (χ0v) is 17.6. The third kappa shape index (κ3) is 7.43. The van der Waals surface area contributed by atoms with Gasteiger partial charge in [0, 0.05) is 38.1 Å². The lowest BCUT2D eigenvalue weighted by Gasteiger charge is -2.18. The Morgan fingerprint density at radius 2 is 1.72 bits per heavy atom. The summed E-state index contributed by atoms with van der Waals surface area (Å²) >= 11 is 0. The van der Waals surface area contributed by atoms with Gasteiger partial charge in [0.05, 0.1) is 5.56 Å². The summed E-state index contributed by atoms with van der Waals surface area (Å²) in [5.41, 5.74) is 2.86.